The van der Waals surface area contributed by atoms with Crippen molar-refractivity contribution >= 4 is 23.7 Å². The number of aromatic nitrogens is 2. The lowest BCUT2D eigenvalue weighted by atomic mass is 10.0. The second-order valence-corrected chi connectivity index (χ2v) is 8.73. The molecule has 2 rings (SSSR count). The SMILES string of the molecule is CC(NC(=O)C(Cc1cnc[nH]1)NC(=O)C(N)Cc1ccc(O)cc1)C(=O)NC(CCCCN)C(=O)O. The number of unbranched alkanes of at least 4 members (excludes halogenated alkanes) is 1. The molecule has 1 heterocycles. The van der Waals surface area contributed by atoms with Gasteiger partial charge in [-0.2, -0.15) is 0 Å². The molecule has 0 aliphatic rings. The van der Waals surface area contributed by atoms with E-state index in [-0.39, 0.29) is 25.0 Å². The van der Waals surface area contributed by atoms with Crippen LogP contribution in [0.2, 0.25) is 0 Å². The first kappa shape index (κ1) is 29.3. The Balaban J connectivity index is 2.02. The van der Waals surface area contributed by atoms with Gasteiger partial charge < -0.3 is 42.6 Å². The van der Waals surface area contributed by atoms with Gasteiger partial charge in [-0.3, -0.25) is 14.4 Å². The third kappa shape index (κ3) is 9.89. The lowest BCUT2D eigenvalue weighted by molar-refractivity contribution is -0.142. The third-order valence-corrected chi connectivity index (χ3v) is 5.65. The van der Waals surface area contributed by atoms with Crippen molar-refractivity contribution in [1.29, 1.82) is 0 Å². The summed E-state index contributed by atoms with van der Waals surface area (Å²) < 4.78 is 0. The van der Waals surface area contributed by atoms with Gasteiger partial charge >= 0.3 is 5.97 Å². The molecule has 0 spiro atoms. The van der Waals surface area contributed by atoms with Crippen LogP contribution in [-0.4, -0.2) is 74.6 Å². The maximum absolute atomic E-state index is 13.0. The normalized spacial score (nSPS) is 14.1. The number of phenolic OH excluding ortho intramolecular Hbond substituents is 1. The predicted molar refractivity (Wildman–Crippen MR) is 134 cm³/mol. The van der Waals surface area contributed by atoms with Crippen molar-refractivity contribution in [3.63, 3.8) is 0 Å². The van der Waals surface area contributed by atoms with Crippen LogP contribution in [-0.2, 0) is 32.0 Å². The maximum atomic E-state index is 13.0. The summed E-state index contributed by atoms with van der Waals surface area (Å²) in [5.41, 5.74) is 12.8. The topological polar surface area (TPSA) is 226 Å². The van der Waals surface area contributed by atoms with Crippen LogP contribution in [0.4, 0.5) is 0 Å². The number of imidazole rings is 1. The fourth-order valence-electron chi connectivity index (χ4n) is 3.51. The Hall–Kier alpha value is -3.97. The van der Waals surface area contributed by atoms with Crippen LogP contribution >= 0.6 is 0 Å². The van der Waals surface area contributed by atoms with Crippen molar-refractivity contribution in [2.24, 2.45) is 11.5 Å². The highest BCUT2D eigenvalue weighted by Crippen LogP contribution is 2.11. The van der Waals surface area contributed by atoms with Crippen LogP contribution in [0.5, 0.6) is 5.75 Å². The van der Waals surface area contributed by atoms with Crippen molar-refractivity contribution in [3.05, 3.63) is 48.0 Å². The number of hydrogen-bond acceptors (Lipinski definition) is 8. The molecule has 4 unspecified atom stereocenters. The zero-order chi connectivity index (χ0) is 27.4. The number of carboxylic acid groups (broad SMARTS) is 1. The number of phenols is 1. The zero-order valence-corrected chi connectivity index (χ0v) is 20.6. The molecule has 3 amide bonds. The number of rotatable bonds is 15. The molecule has 13 nitrogen and oxygen atoms in total. The molecule has 0 radical (unpaired) electrons. The van der Waals surface area contributed by atoms with E-state index < -0.39 is 47.9 Å². The Kier molecular flexibility index (Phi) is 11.5. The van der Waals surface area contributed by atoms with Crippen LogP contribution < -0.4 is 27.4 Å². The van der Waals surface area contributed by atoms with Crippen LogP contribution in [0.3, 0.4) is 0 Å². The minimum absolute atomic E-state index is 0.0503. The molecule has 0 saturated heterocycles. The maximum Gasteiger partial charge on any atom is 0.326 e. The quantitative estimate of drug-likeness (QED) is 0.134. The minimum atomic E-state index is -1.18. The summed E-state index contributed by atoms with van der Waals surface area (Å²) in [5, 5.41) is 26.3. The van der Waals surface area contributed by atoms with E-state index in [4.69, 9.17) is 11.5 Å². The Morgan fingerprint density at radius 3 is 2.24 bits per heavy atom. The Bertz CT molecular complexity index is 1030. The molecule has 4 atom stereocenters. The van der Waals surface area contributed by atoms with Crippen molar-refractivity contribution in [1.82, 2.24) is 25.9 Å². The number of nitrogens with two attached hydrogens (primary N) is 2. The monoisotopic (exact) mass is 517 g/mol. The average Bonchev–Trinajstić information content (AvgIpc) is 3.37. The van der Waals surface area contributed by atoms with Gasteiger partial charge in [0, 0.05) is 18.3 Å². The summed E-state index contributed by atoms with van der Waals surface area (Å²) in [6.45, 7) is 1.83. The lowest BCUT2D eigenvalue weighted by Gasteiger charge is -2.23. The molecule has 0 aliphatic heterocycles. The molecular formula is C24H35N7O6. The van der Waals surface area contributed by atoms with Gasteiger partial charge in [-0.05, 0) is 56.8 Å². The smallest absolute Gasteiger partial charge is 0.326 e. The summed E-state index contributed by atoms with van der Waals surface area (Å²) in [4.78, 5) is 56.6. The Morgan fingerprint density at radius 2 is 1.65 bits per heavy atom. The number of amides is 3. The molecule has 0 fully saturated rings. The fraction of sp³-hybridized carbons (Fsp3) is 0.458. The second-order valence-electron chi connectivity index (χ2n) is 8.73. The van der Waals surface area contributed by atoms with Gasteiger partial charge in [-0.1, -0.05) is 12.1 Å². The van der Waals surface area contributed by atoms with Gasteiger partial charge in [0.1, 0.15) is 23.9 Å². The zero-order valence-electron chi connectivity index (χ0n) is 20.6. The third-order valence-electron chi connectivity index (χ3n) is 5.65. The van der Waals surface area contributed by atoms with Crippen molar-refractivity contribution in [2.75, 3.05) is 6.54 Å². The van der Waals surface area contributed by atoms with Crippen LogP contribution in [0.15, 0.2) is 36.8 Å². The highest BCUT2D eigenvalue weighted by Gasteiger charge is 2.28. The lowest BCUT2D eigenvalue weighted by Crippen LogP contribution is -2.57. The van der Waals surface area contributed by atoms with Gasteiger partial charge in [0.25, 0.3) is 0 Å². The molecule has 202 valence electrons. The summed E-state index contributed by atoms with van der Waals surface area (Å²) in [7, 11) is 0. The molecule has 1 aromatic heterocycles. The number of carboxylic acids is 1. The van der Waals surface area contributed by atoms with E-state index in [1.807, 2.05) is 0 Å². The molecule has 0 bridgehead atoms. The number of carbonyl (C=O) groups excluding carboxylic acids is 3. The van der Waals surface area contributed by atoms with E-state index in [0.717, 1.165) is 5.56 Å². The molecule has 1 aromatic carbocycles. The number of aliphatic carboxylic acids is 1. The average molecular weight is 518 g/mol. The Labute approximate surface area is 214 Å². The molecule has 10 N–H and O–H groups in total. The molecular weight excluding hydrogens is 482 g/mol. The van der Waals surface area contributed by atoms with Crippen LogP contribution in [0, 0.1) is 0 Å². The van der Waals surface area contributed by atoms with Crippen molar-refractivity contribution < 1.29 is 29.4 Å². The highest BCUT2D eigenvalue weighted by atomic mass is 16.4. The predicted octanol–water partition coefficient (Wildman–Crippen LogP) is -1.08. The number of carbonyl (C=O) groups is 4. The first-order chi connectivity index (χ1) is 17.6. The van der Waals surface area contributed by atoms with Gasteiger partial charge in [0.2, 0.25) is 17.7 Å². The van der Waals surface area contributed by atoms with Gasteiger partial charge in [-0.25, -0.2) is 9.78 Å². The first-order valence-corrected chi connectivity index (χ1v) is 12.0. The van der Waals surface area contributed by atoms with E-state index in [0.29, 0.717) is 25.1 Å². The fourth-order valence-corrected chi connectivity index (χ4v) is 3.51. The number of H-pyrrole nitrogens is 1. The summed E-state index contributed by atoms with van der Waals surface area (Å²) >= 11 is 0. The minimum Gasteiger partial charge on any atom is -0.508 e. The number of aromatic amines is 1. The molecule has 0 aliphatic carbocycles. The standard InChI is InChI=1S/C24H35N7O6/c1-14(21(33)30-19(24(36)37)4-2-3-9-25)29-23(35)20(11-16-12-27-13-28-16)31-22(34)18(26)10-15-5-7-17(32)8-6-15/h5-8,12-14,18-20,32H,2-4,9-11,25-26H2,1H3,(H,27,28)(H,29,35)(H,30,33)(H,31,34)(H,36,37). The van der Waals surface area contributed by atoms with Crippen LogP contribution in [0.25, 0.3) is 0 Å². The summed E-state index contributed by atoms with van der Waals surface area (Å²) in [6.07, 6.45) is 4.50. The van der Waals surface area contributed by atoms with E-state index in [9.17, 15) is 29.4 Å². The number of nitrogens with zero attached hydrogens (tertiary/aromatic N) is 1. The van der Waals surface area contributed by atoms with Crippen LogP contribution in [0.1, 0.15) is 37.4 Å². The summed E-state index contributed by atoms with van der Waals surface area (Å²) in [6, 6.07) is 1.98. The number of aromatic hydroxyl groups is 1. The van der Waals surface area contributed by atoms with E-state index in [1.54, 1.807) is 12.1 Å². The molecule has 0 saturated carbocycles. The summed E-state index contributed by atoms with van der Waals surface area (Å²) in [5.74, 6) is -3.02. The van der Waals surface area contributed by atoms with E-state index >= 15 is 0 Å². The highest BCUT2D eigenvalue weighted by molar-refractivity contribution is 5.94. The van der Waals surface area contributed by atoms with E-state index in [2.05, 4.69) is 25.9 Å². The van der Waals surface area contributed by atoms with Gasteiger partial charge in [0.15, 0.2) is 0 Å². The first-order valence-electron chi connectivity index (χ1n) is 12.0. The molecule has 37 heavy (non-hydrogen) atoms. The Morgan fingerprint density at radius 1 is 0.973 bits per heavy atom. The number of hydrogen-bond donors (Lipinski definition) is 8. The van der Waals surface area contributed by atoms with E-state index in [1.165, 1.54) is 31.6 Å². The molecule has 13 heteroatoms. The molecule has 2 aromatic rings. The van der Waals surface area contributed by atoms with Gasteiger partial charge in [-0.15, -0.1) is 0 Å². The second kappa shape index (κ2) is 14.6. The number of benzene rings is 1. The largest absolute Gasteiger partial charge is 0.508 e. The van der Waals surface area contributed by atoms with Crippen molar-refractivity contribution in [2.45, 2.75) is 63.2 Å². The van der Waals surface area contributed by atoms with Gasteiger partial charge in [0.05, 0.1) is 12.4 Å². The van der Waals surface area contributed by atoms with Crippen molar-refractivity contribution in [3.8, 4) is 5.75 Å². The number of nitrogens with one attached hydrogen (secondary N) is 4.